The van der Waals surface area contributed by atoms with Gasteiger partial charge in [-0.05, 0) is 56.0 Å². The summed E-state index contributed by atoms with van der Waals surface area (Å²) in [5.74, 6) is -0.291. The van der Waals surface area contributed by atoms with E-state index in [1.807, 2.05) is 0 Å². The van der Waals surface area contributed by atoms with Crippen LogP contribution in [0.15, 0.2) is 18.2 Å². The van der Waals surface area contributed by atoms with Crippen molar-refractivity contribution in [2.24, 2.45) is 0 Å². The summed E-state index contributed by atoms with van der Waals surface area (Å²) < 4.78 is 63.7. The predicted molar refractivity (Wildman–Crippen MR) is 91.3 cm³/mol. The molecule has 1 fully saturated rings. The number of alkyl halides is 3. The maximum atomic E-state index is 12.4. The summed E-state index contributed by atoms with van der Waals surface area (Å²) in [6.07, 6.45) is 3.15. The zero-order chi connectivity index (χ0) is 18.9. The number of hydrogen-bond acceptors (Lipinski definition) is 5. The van der Waals surface area contributed by atoms with Crippen LogP contribution in [-0.4, -0.2) is 55.9 Å². The third kappa shape index (κ3) is 4.32. The minimum Gasteiger partial charge on any atom is -0.376 e. The Morgan fingerprint density at radius 1 is 1.19 bits per heavy atom. The third-order valence-electron chi connectivity index (χ3n) is 5.15. The average molecular weight is 392 g/mol. The van der Waals surface area contributed by atoms with Crippen molar-refractivity contribution in [3.8, 4) is 5.75 Å². The summed E-state index contributed by atoms with van der Waals surface area (Å²) in [7, 11) is -5.63. The van der Waals surface area contributed by atoms with Crippen LogP contribution in [0.2, 0.25) is 0 Å². The highest BCUT2D eigenvalue weighted by Crippen LogP contribution is 2.29. The molecule has 2 heterocycles. The van der Waals surface area contributed by atoms with Gasteiger partial charge in [0, 0.05) is 32.2 Å². The average Bonchev–Trinajstić information content (AvgIpc) is 2.96. The Hall–Kier alpha value is -1.32. The molecule has 26 heavy (non-hydrogen) atoms. The molecule has 1 saturated heterocycles. The summed E-state index contributed by atoms with van der Waals surface area (Å²) in [4.78, 5) is 4.80. The van der Waals surface area contributed by atoms with E-state index in [9.17, 15) is 21.6 Å². The number of halogens is 3. The van der Waals surface area contributed by atoms with Gasteiger partial charge in [-0.2, -0.15) is 21.6 Å². The van der Waals surface area contributed by atoms with Crippen molar-refractivity contribution in [2.75, 3.05) is 26.2 Å². The minimum atomic E-state index is -5.63. The van der Waals surface area contributed by atoms with Gasteiger partial charge in [0.15, 0.2) is 0 Å². The molecule has 0 bridgehead atoms. The number of hydrogen-bond donors (Lipinski definition) is 0. The highest BCUT2D eigenvalue weighted by Gasteiger charge is 2.48. The van der Waals surface area contributed by atoms with Gasteiger partial charge in [-0.25, -0.2) is 0 Å². The Morgan fingerprint density at radius 3 is 2.62 bits per heavy atom. The van der Waals surface area contributed by atoms with Crippen molar-refractivity contribution in [3.05, 3.63) is 29.3 Å². The Kier molecular flexibility index (Phi) is 5.50. The van der Waals surface area contributed by atoms with Gasteiger partial charge in [0.25, 0.3) is 0 Å². The SMILES string of the molecule is C[C@@H]1CCCN1CCN1CCc2cc(OS(=O)(=O)C(F)(F)F)ccc2C1. The van der Waals surface area contributed by atoms with Crippen molar-refractivity contribution in [1.82, 2.24) is 9.80 Å². The van der Waals surface area contributed by atoms with Gasteiger partial charge in [0.05, 0.1) is 0 Å². The van der Waals surface area contributed by atoms with Crippen molar-refractivity contribution >= 4 is 10.1 Å². The minimum absolute atomic E-state index is 0.291. The molecule has 0 saturated carbocycles. The maximum absolute atomic E-state index is 12.4. The molecule has 2 aliphatic heterocycles. The Balaban J connectivity index is 1.60. The quantitative estimate of drug-likeness (QED) is 0.570. The number of likely N-dealkylation sites (tertiary alicyclic amines) is 1. The second-order valence-electron chi connectivity index (χ2n) is 6.97. The summed E-state index contributed by atoms with van der Waals surface area (Å²) in [5, 5.41) is 0. The molecule has 0 aromatic heterocycles. The summed E-state index contributed by atoms with van der Waals surface area (Å²) in [6.45, 7) is 6.86. The first-order valence-electron chi connectivity index (χ1n) is 8.75. The highest BCUT2D eigenvalue weighted by molar-refractivity contribution is 7.88. The van der Waals surface area contributed by atoms with Crippen molar-refractivity contribution in [3.63, 3.8) is 0 Å². The Bertz CT molecular complexity index is 752. The zero-order valence-electron chi connectivity index (χ0n) is 14.6. The molecule has 1 aromatic carbocycles. The molecule has 0 N–H and O–H groups in total. The molecule has 5 nitrogen and oxygen atoms in total. The van der Waals surface area contributed by atoms with Crippen LogP contribution in [-0.2, 0) is 23.1 Å². The van der Waals surface area contributed by atoms with Gasteiger partial charge in [0.1, 0.15) is 5.75 Å². The lowest BCUT2D eigenvalue weighted by molar-refractivity contribution is -0.0500. The van der Waals surface area contributed by atoms with Crippen LogP contribution in [0.3, 0.4) is 0 Å². The molecule has 0 unspecified atom stereocenters. The predicted octanol–water partition coefficient (Wildman–Crippen LogP) is 2.76. The second-order valence-corrected chi connectivity index (χ2v) is 8.50. The largest absolute Gasteiger partial charge is 0.534 e. The molecule has 2 aliphatic rings. The Labute approximate surface area is 151 Å². The van der Waals surface area contributed by atoms with E-state index in [4.69, 9.17) is 0 Å². The fourth-order valence-electron chi connectivity index (χ4n) is 3.60. The first kappa shape index (κ1) is 19.4. The molecule has 3 rings (SSSR count). The van der Waals surface area contributed by atoms with Crippen LogP contribution in [0.4, 0.5) is 13.2 Å². The van der Waals surface area contributed by atoms with E-state index >= 15 is 0 Å². The number of fused-ring (bicyclic) bond motifs is 1. The van der Waals surface area contributed by atoms with E-state index in [1.165, 1.54) is 25.0 Å². The van der Waals surface area contributed by atoms with E-state index < -0.39 is 15.6 Å². The van der Waals surface area contributed by atoms with Gasteiger partial charge in [-0.1, -0.05) is 6.07 Å². The van der Waals surface area contributed by atoms with E-state index in [1.54, 1.807) is 6.07 Å². The third-order valence-corrected chi connectivity index (χ3v) is 6.13. The molecule has 146 valence electrons. The van der Waals surface area contributed by atoms with E-state index in [0.717, 1.165) is 37.3 Å². The van der Waals surface area contributed by atoms with Crippen molar-refractivity contribution in [1.29, 1.82) is 0 Å². The second kappa shape index (κ2) is 7.36. The van der Waals surface area contributed by atoms with Crippen molar-refractivity contribution < 1.29 is 25.8 Å². The molecular weight excluding hydrogens is 369 g/mol. The smallest absolute Gasteiger partial charge is 0.376 e. The van der Waals surface area contributed by atoms with Crippen LogP contribution in [0, 0.1) is 0 Å². The number of nitrogens with zero attached hydrogens (tertiary/aromatic N) is 2. The van der Waals surface area contributed by atoms with Gasteiger partial charge < -0.3 is 4.18 Å². The normalized spacial score (nSPS) is 22.4. The first-order chi connectivity index (χ1) is 12.2. The van der Waals surface area contributed by atoms with Crippen LogP contribution in [0.5, 0.6) is 5.75 Å². The topological polar surface area (TPSA) is 49.9 Å². The van der Waals surface area contributed by atoms with Gasteiger partial charge in [-0.3, -0.25) is 9.80 Å². The molecule has 1 atom stereocenters. The standard InChI is InChI=1S/C17H23F3N2O3S/c1-13-3-2-7-22(13)10-9-21-8-6-14-11-16(5-4-15(14)12-21)25-26(23,24)17(18,19)20/h4-5,11,13H,2-3,6-10,12H2,1H3/t13-/m1/s1. The highest BCUT2D eigenvalue weighted by atomic mass is 32.2. The zero-order valence-corrected chi connectivity index (χ0v) is 15.4. The summed E-state index contributed by atoms with van der Waals surface area (Å²) in [5.41, 5.74) is -3.58. The van der Waals surface area contributed by atoms with E-state index in [2.05, 4.69) is 20.9 Å². The molecule has 0 spiro atoms. The molecular formula is C17H23F3N2O3S. The van der Waals surface area contributed by atoms with Crippen molar-refractivity contribution in [2.45, 2.75) is 44.3 Å². The first-order valence-corrected chi connectivity index (χ1v) is 10.2. The van der Waals surface area contributed by atoms with Gasteiger partial charge >= 0.3 is 15.6 Å². The maximum Gasteiger partial charge on any atom is 0.534 e. The van der Waals surface area contributed by atoms with Crippen LogP contribution < -0.4 is 4.18 Å². The lowest BCUT2D eigenvalue weighted by Gasteiger charge is -2.31. The summed E-state index contributed by atoms with van der Waals surface area (Å²) >= 11 is 0. The summed E-state index contributed by atoms with van der Waals surface area (Å²) in [6, 6.07) is 4.97. The van der Waals surface area contributed by atoms with E-state index in [-0.39, 0.29) is 5.75 Å². The van der Waals surface area contributed by atoms with Crippen LogP contribution >= 0.6 is 0 Å². The Morgan fingerprint density at radius 2 is 1.96 bits per heavy atom. The molecule has 0 amide bonds. The van der Waals surface area contributed by atoms with Gasteiger partial charge in [-0.15, -0.1) is 0 Å². The lowest BCUT2D eigenvalue weighted by atomic mass is 9.99. The van der Waals surface area contributed by atoms with Crippen LogP contribution in [0.1, 0.15) is 30.9 Å². The molecule has 1 aromatic rings. The van der Waals surface area contributed by atoms with E-state index in [0.29, 0.717) is 19.0 Å². The van der Waals surface area contributed by atoms with Crippen LogP contribution in [0.25, 0.3) is 0 Å². The number of rotatable bonds is 5. The molecule has 0 radical (unpaired) electrons. The fraction of sp³-hybridized carbons (Fsp3) is 0.647. The number of benzene rings is 1. The fourth-order valence-corrected chi connectivity index (χ4v) is 4.05. The molecule has 9 heteroatoms. The van der Waals surface area contributed by atoms with Gasteiger partial charge in [0.2, 0.25) is 0 Å². The monoisotopic (exact) mass is 392 g/mol. The molecule has 0 aliphatic carbocycles. The lowest BCUT2D eigenvalue weighted by Crippen LogP contribution is -2.39.